The topological polar surface area (TPSA) is 145 Å². The Labute approximate surface area is 107 Å². The number of aliphatic hydroxyl groups excluding tert-OH is 2. The summed E-state index contributed by atoms with van der Waals surface area (Å²) < 4.78 is 7.00. The number of anilines is 2. The first-order valence-electron chi connectivity index (χ1n) is 5.80. The summed E-state index contributed by atoms with van der Waals surface area (Å²) in [5, 5.41) is 23.5. The van der Waals surface area contributed by atoms with Crippen LogP contribution in [-0.4, -0.2) is 48.8 Å². The molecule has 0 spiro atoms. The quantitative estimate of drug-likeness (QED) is 0.521. The van der Waals surface area contributed by atoms with Gasteiger partial charge in [0, 0.05) is 6.42 Å². The van der Waals surface area contributed by atoms with Gasteiger partial charge in [0.1, 0.15) is 11.9 Å². The minimum absolute atomic E-state index is 0.0454. The van der Waals surface area contributed by atoms with Crippen LogP contribution >= 0.6 is 0 Å². The standard InChI is InChI=1S/C10H14N6O3/c11-8-4-2-13-16(9(4)15-10(12)14-8)7-1-5(18)6(3-17)19-7/h2,5-7,17-18H,1,3H2,(H4,11,12,14,15). The number of hydrogen-bond donors (Lipinski definition) is 4. The van der Waals surface area contributed by atoms with Crippen molar-refractivity contribution in [1.82, 2.24) is 19.7 Å². The summed E-state index contributed by atoms with van der Waals surface area (Å²) in [5.41, 5.74) is 11.7. The fourth-order valence-corrected chi connectivity index (χ4v) is 2.20. The molecule has 102 valence electrons. The number of aliphatic hydroxyl groups is 2. The van der Waals surface area contributed by atoms with Crippen LogP contribution in [0.5, 0.6) is 0 Å². The number of ether oxygens (including phenoxy) is 1. The Morgan fingerprint density at radius 1 is 1.42 bits per heavy atom. The van der Waals surface area contributed by atoms with Crippen LogP contribution in [0.3, 0.4) is 0 Å². The van der Waals surface area contributed by atoms with Crippen molar-refractivity contribution in [2.45, 2.75) is 24.9 Å². The maximum atomic E-state index is 9.73. The average molecular weight is 266 g/mol. The third-order valence-electron chi connectivity index (χ3n) is 3.16. The van der Waals surface area contributed by atoms with E-state index in [1.165, 1.54) is 10.9 Å². The summed E-state index contributed by atoms with van der Waals surface area (Å²) in [6, 6.07) is 0. The summed E-state index contributed by atoms with van der Waals surface area (Å²) in [6.45, 7) is -0.254. The van der Waals surface area contributed by atoms with Crippen molar-refractivity contribution in [2.24, 2.45) is 0 Å². The lowest BCUT2D eigenvalue weighted by atomic mass is 10.2. The lowest BCUT2D eigenvalue weighted by Gasteiger charge is -2.12. The molecule has 0 aliphatic carbocycles. The predicted molar refractivity (Wildman–Crippen MR) is 65.8 cm³/mol. The molecule has 0 amide bonds. The predicted octanol–water partition coefficient (Wildman–Crippen LogP) is -1.37. The Bertz CT molecular complexity index is 615. The number of hydrogen-bond acceptors (Lipinski definition) is 8. The summed E-state index contributed by atoms with van der Waals surface area (Å²) in [5.74, 6) is 0.287. The summed E-state index contributed by atoms with van der Waals surface area (Å²) in [6.07, 6.45) is -0.0531. The molecule has 2 aromatic heterocycles. The molecule has 0 aromatic carbocycles. The summed E-state index contributed by atoms with van der Waals surface area (Å²) in [4.78, 5) is 7.93. The Hall–Kier alpha value is -1.97. The molecule has 0 saturated carbocycles. The third kappa shape index (κ3) is 1.87. The molecule has 3 unspecified atom stereocenters. The summed E-state index contributed by atoms with van der Waals surface area (Å²) in [7, 11) is 0. The zero-order valence-corrected chi connectivity index (χ0v) is 9.97. The molecule has 19 heavy (non-hydrogen) atoms. The van der Waals surface area contributed by atoms with Crippen LogP contribution in [0.1, 0.15) is 12.6 Å². The van der Waals surface area contributed by atoms with Gasteiger partial charge < -0.3 is 26.4 Å². The van der Waals surface area contributed by atoms with E-state index in [0.717, 1.165) is 0 Å². The second-order valence-electron chi connectivity index (χ2n) is 4.41. The van der Waals surface area contributed by atoms with Crippen molar-refractivity contribution in [3.05, 3.63) is 6.20 Å². The second-order valence-corrected chi connectivity index (χ2v) is 4.41. The number of rotatable bonds is 2. The van der Waals surface area contributed by atoms with E-state index in [-0.39, 0.29) is 18.4 Å². The largest absolute Gasteiger partial charge is 0.394 e. The van der Waals surface area contributed by atoms with Gasteiger partial charge >= 0.3 is 0 Å². The molecule has 3 rings (SSSR count). The Morgan fingerprint density at radius 2 is 2.21 bits per heavy atom. The van der Waals surface area contributed by atoms with Crippen LogP contribution in [0.4, 0.5) is 11.8 Å². The number of nitrogens with two attached hydrogens (primary N) is 2. The molecule has 1 fully saturated rings. The van der Waals surface area contributed by atoms with Crippen LogP contribution in [-0.2, 0) is 4.74 Å². The van der Waals surface area contributed by atoms with E-state index in [2.05, 4.69) is 15.1 Å². The van der Waals surface area contributed by atoms with Gasteiger partial charge in [0.05, 0.1) is 24.3 Å². The molecule has 9 heteroatoms. The van der Waals surface area contributed by atoms with Crippen molar-refractivity contribution in [3.63, 3.8) is 0 Å². The van der Waals surface area contributed by atoms with E-state index >= 15 is 0 Å². The van der Waals surface area contributed by atoms with Crippen molar-refractivity contribution in [3.8, 4) is 0 Å². The third-order valence-corrected chi connectivity index (χ3v) is 3.16. The highest BCUT2D eigenvalue weighted by atomic mass is 16.5. The van der Waals surface area contributed by atoms with Crippen molar-refractivity contribution in [2.75, 3.05) is 18.1 Å². The molecule has 0 bridgehead atoms. The van der Waals surface area contributed by atoms with E-state index in [0.29, 0.717) is 17.5 Å². The molecule has 0 radical (unpaired) electrons. The van der Waals surface area contributed by atoms with Crippen LogP contribution in [0, 0.1) is 0 Å². The van der Waals surface area contributed by atoms with Crippen LogP contribution < -0.4 is 11.5 Å². The Balaban J connectivity index is 2.02. The van der Waals surface area contributed by atoms with Gasteiger partial charge in [0.15, 0.2) is 11.9 Å². The van der Waals surface area contributed by atoms with Crippen molar-refractivity contribution < 1.29 is 14.9 Å². The first kappa shape index (κ1) is 12.1. The number of fused-ring (bicyclic) bond motifs is 1. The molecule has 3 heterocycles. The fourth-order valence-electron chi connectivity index (χ4n) is 2.20. The normalized spacial score (nSPS) is 27.2. The van der Waals surface area contributed by atoms with Gasteiger partial charge in [-0.05, 0) is 0 Å². The van der Waals surface area contributed by atoms with Crippen molar-refractivity contribution in [1.29, 1.82) is 0 Å². The highest BCUT2D eigenvalue weighted by molar-refractivity contribution is 5.86. The average Bonchev–Trinajstić information content (AvgIpc) is 2.92. The van der Waals surface area contributed by atoms with E-state index < -0.39 is 18.4 Å². The van der Waals surface area contributed by atoms with Gasteiger partial charge in [-0.15, -0.1) is 0 Å². The zero-order valence-electron chi connectivity index (χ0n) is 9.97. The lowest BCUT2D eigenvalue weighted by molar-refractivity contribution is -0.0470. The maximum absolute atomic E-state index is 9.73. The lowest BCUT2D eigenvalue weighted by Crippen LogP contribution is -2.24. The van der Waals surface area contributed by atoms with Crippen molar-refractivity contribution >= 4 is 22.8 Å². The van der Waals surface area contributed by atoms with Crippen LogP contribution in [0.2, 0.25) is 0 Å². The highest BCUT2D eigenvalue weighted by Crippen LogP contribution is 2.31. The Kier molecular flexibility index (Phi) is 2.73. The van der Waals surface area contributed by atoms with Gasteiger partial charge in [-0.3, -0.25) is 0 Å². The van der Waals surface area contributed by atoms with Gasteiger partial charge in [-0.2, -0.15) is 15.1 Å². The molecule has 1 saturated heterocycles. The molecule has 1 aliphatic heterocycles. The minimum atomic E-state index is -0.745. The molecular formula is C10H14N6O3. The van der Waals surface area contributed by atoms with E-state index in [1.54, 1.807) is 0 Å². The zero-order chi connectivity index (χ0) is 13.6. The smallest absolute Gasteiger partial charge is 0.224 e. The number of nitrogen functional groups attached to an aromatic ring is 2. The molecule has 2 aromatic rings. The fraction of sp³-hybridized carbons (Fsp3) is 0.500. The van der Waals surface area contributed by atoms with E-state index in [4.69, 9.17) is 21.3 Å². The SMILES string of the molecule is Nc1nc(N)c2cnn(C3CC(O)C(CO)O3)c2n1. The molecule has 3 atom stereocenters. The Morgan fingerprint density at radius 3 is 2.89 bits per heavy atom. The molecule has 1 aliphatic rings. The first-order chi connectivity index (χ1) is 9.10. The summed E-state index contributed by atoms with van der Waals surface area (Å²) >= 11 is 0. The number of nitrogens with zero attached hydrogens (tertiary/aromatic N) is 4. The van der Waals surface area contributed by atoms with E-state index in [9.17, 15) is 5.11 Å². The van der Waals surface area contributed by atoms with Gasteiger partial charge in [-0.25, -0.2) is 4.68 Å². The molecule has 9 nitrogen and oxygen atoms in total. The van der Waals surface area contributed by atoms with Gasteiger partial charge in [-0.1, -0.05) is 0 Å². The monoisotopic (exact) mass is 266 g/mol. The molecular weight excluding hydrogens is 252 g/mol. The first-order valence-corrected chi connectivity index (χ1v) is 5.80. The van der Waals surface area contributed by atoms with Gasteiger partial charge in [0.25, 0.3) is 0 Å². The second kappa shape index (κ2) is 4.30. The van der Waals surface area contributed by atoms with Gasteiger partial charge in [0.2, 0.25) is 5.95 Å². The maximum Gasteiger partial charge on any atom is 0.224 e. The minimum Gasteiger partial charge on any atom is -0.394 e. The number of aromatic nitrogens is 4. The van der Waals surface area contributed by atoms with Crippen LogP contribution in [0.15, 0.2) is 6.20 Å². The van der Waals surface area contributed by atoms with Crippen LogP contribution in [0.25, 0.3) is 11.0 Å². The molecule has 6 N–H and O–H groups in total. The van der Waals surface area contributed by atoms with E-state index in [1.807, 2.05) is 0 Å². The highest BCUT2D eigenvalue weighted by Gasteiger charge is 2.35.